The number of hydrogen-bond acceptors (Lipinski definition) is 5. The van der Waals surface area contributed by atoms with Gasteiger partial charge in [0.05, 0.1) is 29.2 Å². The highest BCUT2D eigenvalue weighted by atomic mass is 35.5. The molecule has 9 heteroatoms. The number of ketones is 1. The fraction of sp³-hybridized carbons (Fsp3) is 0.0870. The number of aliphatic hydroxyl groups is 1. The molecule has 162 valence electrons. The Bertz CT molecular complexity index is 1320. The lowest BCUT2D eigenvalue weighted by molar-refractivity contribution is 0.103. The van der Waals surface area contributed by atoms with Gasteiger partial charge in [-0.25, -0.2) is 13.5 Å². The second-order valence-electron chi connectivity index (χ2n) is 7.08. The summed E-state index contributed by atoms with van der Waals surface area (Å²) in [5.74, 6) is -1.72. The van der Waals surface area contributed by atoms with Crippen LogP contribution in [0.5, 0.6) is 0 Å². The van der Waals surface area contributed by atoms with Crippen LogP contribution in [0.15, 0.2) is 60.8 Å². The number of carbonyl (C=O) groups is 1. The van der Waals surface area contributed by atoms with Crippen molar-refractivity contribution in [3.63, 3.8) is 0 Å². The van der Waals surface area contributed by atoms with Crippen LogP contribution in [-0.2, 0) is 6.61 Å². The summed E-state index contributed by atoms with van der Waals surface area (Å²) >= 11 is 6.37. The van der Waals surface area contributed by atoms with E-state index in [1.165, 1.54) is 16.8 Å². The molecular weight excluding hydrogens is 438 g/mol. The molecule has 32 heavy (non-hydrogen) atoms. The van der Waals surface area contributed by atoms with E-state index in [0.717, 1.165) is 17.7 Å². The molecule has 0 fully saturated rings. The predicted molar refractivity (Wildman–Crippen MR) is 117 cm³/mol. The molecule has 0 saturated heterocycles. The zero-order valence-corrected chi connectivity index (χ0v) is 17.6. The summed E-state index contributed by atoms with van der Waals surface area (Å²) in [6.07, 6.45) is 1.57. The number of aliphatic hydroxyl groups excluding tert-OH is 1. The average Bonchev–Trinajstić information content (AvgIpc) is 3.25. The molecule has 4 rings (SSSR count). The first-order chi connectivity index (χ1) is 15.4. The van der Waals surface area contributed by atoms with E-state index < -0.39 is 11.6 Å². The summed E-state index contributed by atoms with van der Waals surface area (Å²) in [5, 5.41) is 20.0. The summed E-state index contributed by atoms with van der Waals surface area (Å²) in [6.45, 7) is 1.56. The monoisotopic (exact) mass is 454 g/mol. The molecule has 0 unspecified atom stereocenters. The van der Waals surface area contributed by atoms with E-state index in [1.807, 2.05) is 0 Å². The topological polar surface area (TPSA) is 80.0 Å². The van der Waals surface area contributed by atoms with Crippen LogP contribution < -0.4 is 5.32 Å². The zero-order valence-electron chi connectivity index (χ0n) is 16.8. The van der Waals surface area contributed by atoms with Crippen LogP contribution in [0.2, 0.25) is 5.02 Å². The smallest absolute Gasteiger partial charge is 0.194 e. The molecule has 0 saturated carbocycles. The van der Waals surface area contributed by atoms with Gasteiger partial charge in [-0.15, -0.1) is 5.10 Å². The Labute approximate surface area is 187 Å². The van der Waals surface area contributed by atoms with Gasteiger partial charge in [-0.2, -0.15) is 0 Å². The lowest BCUT2D eigenvalue weighted by atomic mass is 9.98. The number of aromatic nitrogens is 3. The Morgan fingerprint density at radius 3 is 2.59 bits per heavy atom. The summed E-state index contributed by atoms with van der Waals surface area (Å²) < 4.78 is 28.5. The molecular formula is C23H17ClF2N4O2. The number of halogens is 3. The van der Waals surface area contributed by atoms with Crippen molar-refractivity contribution in [2.75, 3.05) is 5.32 Å². The van der Waals surface area contributed by atoms with Crippen molar-refractivity contribution in [1.82, 2.24) is 15.0 Å². The summed E-state index contributed by atoms with van der Waals surface area (Å²) in [5.41, 5.74) is 2.98. The molecule has 0 aliphatic rings. The van der Waals surface area contributed by atoms with Gasteiger partial charge in [0.25, 0.3) is 0 Å². The normalized spacial score (nSPS) is 10.9. The minimum absolute atomic E-state index is 0.0835. The first kappa shape index (κ1) is 21.6. The Hall–Kier alpha value is -3.62. The summed E-state index contributed by atoms with van der Waals surface area (Å²) in [6, 6.07) is 13.1. The van der Waals surface area contributed by atoms with Gasteiger partial charge >= 0.3 is 0 Å². The van der Waals surface area contributed by atoms with Crippen LogP contribution in [0.4, 0.5) is 20.2 Å². The van der Waals surface area contributed by atoms with Crippen LogP contribution in [0, 0.1) is 18.6 Å². The molecule has 2 N–H and O–H groups in total. The number of rotatable bonds is 6. The van der Waals surface area contributed by atoms with Crippen molar-refractivity contribution in [2.45, 2.75) is 13.5 Å². The second-order valence-corrected chi connectivity index (χ2v) is 7.49. The van der Waals surface area contributed by atoms with Crippen molar-refractivity contribution >= 4 is 28.8 Å². The Morgan fingerprint density at radius 2 is 1.91 bits per heavy atom. The lowest BCUT2D eigenvalue weighted by Crippen LogP contribution is -2.07. The number of nitrogens with one attached hydrogen (secondary N) is 1. The van der Waals surface area contributed by atoms with Gasteiger partial charge in [0.1, 0.15) is 17.3 Å². The standard InChI is InChI=1S/C23H17ClF2N4O2/c1-13-2-5-17(30-11-16(12-31)28-29-30)10-19(13)23(32)18-6-4-15(9-20(18)24)27-22-7-3-14(25)8-21(22)26/h2-11,27,31H,12H2,1H3. The van der Waals surface area contributed by atoms with Gasteiger partial charge in [0.15, 0.2) is 5.78 Å². The van der Waals surface area contributed by atoms with Crippen molar-refractivity contribution in [3.05, 3.63) is 99.8 Å². The predicted octanol–water partition coefficient (Wildman–Crippen LogP) is 4.97. The number of anilines is 2. The van der Waals surface area contributed by atoms with Gasteiger partial charge in [0.2, 0.25) is 0 Å². The number of benzene rings is 3. The van der Waals surface area contributed by atoms with Crippen molar-refractivity contribution in [2.24, 2.45) is 0 Å². The van der Waals surface area contributed by atoms with Gasteiger partial charge in [-0.3, -0.25) is 4.79 Å². The third kappa shape index (κ3) is 4.37. The molecule has 0 bridgehead atoms. The van der Waals surface area contributed by atoms with Crippen LogP contribution in [-0.4, -0.2) is 25.9 Å². The third-order valence-electron chi connectivity index (χ3n) is 4.86. The highest BCUT2D eigenvalue weighted by Crippen LogP contribution is 2.28. The van der Waals surface area contributed by atoms with E-state index in [9.17, 15) is 18.7 Å². The van der Waals surface area contributed by atoms with E-state index in [0.29, 0.717) is 22.6 Å². The molecule has 6 nitrogen and oxygen atoms in total. The minimum Gasteiger partial charge on any atom is -0.390 e. The summed E-state index contributed by atoms with van der Waals surface area (Å²) in [4.78, 5) is 13.2. The largest absolute Gasteiger partial charge is 0.390 e. The van der Waals surface area contributed by atoms with Crippen LogP contribution in [0.3, 0.4) is 0 Å². The minimum atomic E-state index is -0.744. The number of carbonyl (C=O) groups excluding carboxylic acids is 1. The zero-order chi connectivity index (χ0) is 22.8. The SMILES string of the molecule is Cc1ccc(-n2cc(CO)nn2)cc1C(=O)c1ccc(Nc2ccc(F)cc2F)cc1Cl. The quantitative estimate of drug-likeness (QED) is 0.402. The van der Waals surface area contributed by atoms with E-state index in [-0.39, 0.29) is 28.7 Å². The molecule has 0 radical (unpaired) electrons. The van der Waals surface area contributed by atoms with Crippen molar-refractivity contribution in [1.29, 1.82) is 0 Å². The fourth-order valence-corrected chi connectivity index (χ4v) is 3.43. The van der Waals surface area contributed by atoms with Crippen LogP contribution in [0.1, 0.15) is 27.2 Å². The maximum atomic E-state index is 13.9. The van der Waals surface area contributed by atoms with Gasteiger partial charge < -0.3 is 10.4 Å². The van der Waals surface area contributed by atoms with E-state index in [4.69, 9.17) is 11.6 Å². The maximum Gasteiger partial charge on any atom is 0.194 e. The van der Waals surface area contributed by atoms with Gasteiger partial charge in [0, 0.05) is 22.9 Å². The first-order valence-electron chi connectivity index (χ1n) is 9.55. The number of aryl methyl sites for hydroxylation is 1. The van der Waals surface area contributed by atoms with E-state index >= 15 is 0 Å². The molecule has 0 atom stereocenters. The highest BCUT2D eigenvalue weighted by molar-refractivity contribution is 6.35. The maximum absolute atomic E-state index is 13.9. The Morgan fingerprint density at radius 1 is 1.09 bits per heavy atom. The molecule has 1 aromatic heterocycles. The third-order valence-corrected chi connectivity index (χ3v) is 5.17. The van der Waals surface area contributed by atoms with Crippen molar-refractivity contribution < 1.29 is 18.7 Å². The number of nitrogens with zero attached hydrogens (tertiary/aromatic N) is 3. The van der Waals surface area contributed by atoms with E-state index in [1.54, 1.807) is 43.5 Å². The Kier molecular flexibility index (Phi) is 5.98. The van der Waals surface area contributed by atoms with Gasteiger partial charge in [-0.05, 0) is 55.0 Å². The van der Waals surface area contributed by atoms with Crippen LogP contribution >= 0.6 is 11.6 Å². The molecule has 0 amide bonds. The molecule has 0 spiro atoms. The summed E-state index contributed by atoms with van der Waals surface area (Å²) in [7, 11) is 0. The Balaban J connectivity index is 1.62. The number of hydrogen-bond donors (Lipinski definition) is 2. The molecule has 0 aliphatic carbocycles. The molecule has 3 aromatic carbocycles. The second kappa shape index (κ2) is 8.86. The fourth-order valence-electron chi connectivity index (χ4n) is 3.16. The first-order valence-corrected chi connectivity index (χ1v) is 9.93. The lowest BCUT2D eigenvalue weighted by Gasteiger charge is -2.12. The molecule has 0 aliphatic heterocycles. The average molecular weight is 455 g/mol. The van der Waals surface area contributed by atoms with Gasteiger partial charge in [-0.1, -0.05) is 22.9 Å². The van der Waals surface area contributed by atoms with Crippen LogP contribution in [0.25, 0.3) is 5.69 Å². The molecule has 1 heterocycles. The van der Waals surface area contributed by atoms with Crippen molar-refractivity contribution in [3.8, 4) is 5.69 Å². The molecule has 4 aromatic rings. The highest BCUT2D eigenvalue weighted by Gasteiger charge is 2.17. The van der Waals surface area contributed by atoms with E-state index in [2.05, 4.69) is 15.6 Å².